The van der Waals surface area contributed by atoms with Crippen LogP contribution in [0.4, 0.5) is 0 Å². The van der Waals surface area contributed by atoms with Gasteiger partial charge in [-0.3, -0.25) is 4.79 Å². The lowest BCUT2D eigenvalue weighted by molar-refractivity contribution is -0.139. The first kappa shape index (κ1) is 18.7. The van der Waals surface area contributed by atoms with Crippen molar-refractivity contribution in [3.63, 3.8) is 0 Å². The quantitative estimate of drug-likeness (QED) is 0.563. The molecule has 132 valence electrons. The van der Waals surface area contributed by atoms with Gasteiger partial charge in [0, 0.05) is 6.54 Å². The Kier molecular flexibility index (Phi) is 6.95. The summed E-state index contributed by atoms with van der Waals surface area (Å²) in [5.41, 5.74) is 1.63. The molecule has 0 saturated heterocycles. The number of benzene rings is 2. The maximum Gasteiger partial charge on any atom is 0.341 e. The van der Waals surface area contributed by atoms with E-state index in [1.165, 1.54) is 6.08 Å². The van der Waals surface area contributed by atoms with Gasteiger partial charge in [-0.2, -0.15) is 5.26 Å². The zero-order valence-electron chi connectivity index (χ0n) is 14.0. The number of carboxylic acid groups (broad SMARTS) is 1. The summed E-state index contributed by atoms with van der Waals surface area (Å²) in [6, 6.07) is 18.1. The van der Waals surface area contributed by atoms with Crippen LogP contribution in [0.2, 0.25) is 0 Å². The van der Waals surface area contributed by atoms with E-state index in [0.717, 1.165) is 5.56 Å². The smallest absolute Gasteiger partial charge is 0.341 e. The summed E-state index contributed by atoms with van der Waals surface area (Å²) in [5.74, 6) is -1.19. The first-order valence-electron chi connectivity index (χ1n) is 7.97. The topological polar surface area (TPSA) is 99.4 Å². The van der Waals surface area contributed by atoms with E-state index < -0.39 is 18.5 Å². The molecule has 0 aliphatic heterocycles. The molecule has 6 nitrogen and oxygen atoms in total. The van der Waals surface area contributed by atoms with E-state index in [1.54, 1.807) is 24.3 Å². The van der Waals surface area contributed by atoms with Crippen LogP contribution < -0.4 is 10.1 Å². The highest BCUT2D eigenvalue weighted by atomic mass is 16.5. The Morgan fingerprint density at radius 3 is 2.62 bits per heavy atom. The molecule has 2 aromatic rings. The molecule has 0 aliphatic carbocycles. The van der Waals surface area contributed by atoms with Crippen molar-refractivity contribution in [1.82, 2.24) is 5.32 Å². The number of nitrogens with zero attached hydrogens (tertiary/aromatic N) is 1. The van der Waals surface area contributed by atoms with Crippen molar-refractivity contribution in [2.24, 2.45) is 0 Å². The summed E-state index contributed by atoms with van der Waals surface area (Å²) in [6.07, 6.45) is 2.11. The van der Waals surface area contributed by atoms with Crippen LogP contribution in [0, 0.1) is 11.3 Å². The van der Waals surface area contributed by atoms with E-state index in [0.29, 0.717) is 24.3 Å². The highest BCUT2D eigenvalue weighted by molar-refractivity contribution is 6.01. The zero-order valence-corrected chi connectivity index (χ0v) is 14.0. The average Bonchev–Trinajstić information content (AvgIpc) is 2.65. The summed E-state index contributed by atoms with van der Waals surface area (Å²) in [7, 11) is 0. The van der Waals surface area contributed by atoms with Gasteiger partial charge in [-0.05, 0) is 35.8 Å². The Morgan fingerprint density at radius 1 is 1.15 bits per heavy atom. The van der Waals surface area contributed by atoms with Crippen LogP contribution in [0.1, 0.15) is 11.1 Å². The minimum atomic E-state index is -1.08. The Labute approximate surface area is 151 Å². The third-order valence-corrected chi connectivity index (χ3v) is 3.44. The van der Waals surface area contributed by atoms with Gasteiger partial charge >= 0.3 is 5.97 Å². The van der Waals surface area contributed by atoms with Crippen molar-refractivity contribution in [2.75, 3.05) is 13.2 Å². The molecular weight excluding hydrogens is 332 g/mol. The van der Waals surface area contributed by atoms with Gasteiger partial charge in [0.2, 0.25) is 0 Å². The minimum Gasteiger partial charge on any atom is -0.482 e. The molecular formula is C20H18N2O4. The van der Waals surface area contributed by atoms with E-state index in [-0.39, 0.29) is 5.57 Å². The number of amides is 1. The molecule has 1 amide bonds. The number of hydrogen-bond donors (Lipinski definition) is 2. The second-order valence-corrected chi connectivity index (χ2v) is 5.42. The molecule has 6 heteroatoms. The van der Waals surface area contributed by atoms with Crippen LogP contribution in [0.5, 0.6) is 5.75 Å². The highest BCUT2D eigenvalue weighted by Gasteiger charge is 2.09. The first-order valence-corrected chi connectivity index (χ1v) is 7.97. The number of carbonyl (C=O) groups is 2. The summed E-state index contributed by atoms with van der Waals surface area (Å²) in [5, 5.41) is 20.6. The molecule has 0 radical (unpaired) electrons. The molecule has 0 atom stereocenters. The molecule has 0 fully saturated rings. The number of hydrogen-bond acceptors (Lipinski definition) is 4. The first-order chi connectivity index (χ1) is 12.6. The predicted molar refractivity (Wildman–Crippen MR) is 96.3 cm³/mol. The SMILES string of the molecule is N#C/C(=C\c1cccc(OCC(=O)O)c1)C(=O)NCCc1ccccc1. The molecule has 0 bridgehead atoms. The van der Waals surface area contributed by atoms with Crippen molar-refractivity contribution in [3.05, 3.63) is 71.3 Å². The third-order valence-electron chi connectivity index (χ3n) is 3.44. The molecule has 2 rings (SSSR count). The molecule has 0 unspecified atom stereocenters. The normalized spacial score (nSPS) is 10.7. The second-order valence-electron chi connectivity index (χ2n) is 5.42. The number of nitrogens with one attached hydrogen (secondary N) is 1. The lowest BCUT2D eigenvalue weighted by Gasteiger charge is -2.06. The molecule has 0 aromatic heterocycles. The molecule has 26 heavy (non-hydrogen) atoms. The van der Waals surface area contributed by atoms with Crippen LogP contribution >= 0.6 is 0 Å². The van der Waals surface area contributed by atoms with E-state index in [1.807, 2.05) is 36.4 Å². The molecule has 2 N–H and O–H groups in total. The van der Waals surface area contributed by atoms with Gasteiger partial charge in [-0.1, -0.05) is 42.5 Å². The monoisotopic (exact) mass is 350 g/mol. The fourth-order valence-corrected chi connectivity index (χ4v) is 2.21. The fraction of sp³-hybridized carbons (Fsp3) is 0.150. The predicted octanol–water partition coefficient (Wildman–Crippen LogP) is 2.42. The molecule has 0 heterocycles. The summed E-state index contributed by atoms with van der Waals surface area (Å²) in [6.45, 7) is -0.0398. The fourth-order valence-electron chi connectivity index (χ4n) is 2.21. The van der Waals surface area contributed by atoms with Gasteiger partial charge in [0.1, 0.15) is 17.4 Å². The third kappa shape index (κ3) is 6.13. The summed E-state index contributed by atoms with van der Waals surface area (Å²) in [4.78, 5) is 22.7. The standard InChI is InChI=1S/C20H18N2O4/c21-13-17(20(25)22-10-9-15-5-2-1-3-6-15)11-16-7-4-8-18(12-16)26-14-19(23)24/h1-8,11-12H,9-10,14H2,(H,22,25)(H,23,24)/b17-11+. The molecule has 0 saturated carbocycles. The van der Waals surface area contributed by atoms with Gasteiger partial charge in [0.25, 0.3) is 5.91 Å². The van der Waals surface area contributed by atoms with Crippen molar-refractivity contribution in [3.8, 4) is 11.8 Å². The average molecular weight is 350 g/mol. The van der Waals surface area contributed by atoms with Gasteiger partial charge in [-0.25, -0.2) is 4.79 Å². The molecule has 0 aliphatic rings. The van der Waals surface area contributed by atoms with Crippen molar-refractivity contribution < 1.29 is 19.4 Å². The van der Waals surface area contributed by atoms with Gasteiger partial charge in [-0.15, -0.1) is 0 Å². The Hall–Kier alpha value is -3.59. The largest absolute Gasteiger partial charge is 0.482 e. The van der Waals surface area contributed by atoms with Crippen molar-refractivity contribution in [1.29, 1.82) is 5.26 Å². The Morgan fingerprint density at radius 2 is 1.92 bits per heavy atom. The van der Waals surface area contributed by atoms with Crippen molar-refractivity contribution in [2.45, 2.75) is 6.42 Å². The number of carboxylic acids is 1. The maximum atomic E-state index is 12.2. The van der Waals surface area contributed by atoms with E-state index in [9.17, 15) is 14.9 Å². The zero-order chi connectivity index (χ0) is 18.8. The van der Waals surface area contributed by atoms with Gasteiger partial charge < -0.3 is 15.2 Å². The summed E-state index contributed by atoms with van der Waals surface area (Å²) < 4.78 is 5.09. The van der Waals surface area contributed by atoms with E-state index >= 15 is 0 Å². The molecule has 2 aromatic carbocycles. The van der Waals surface area contributed by atoms with Crippen molar-refractivity contribution >= 4 is 18.0 Å². The Bertz CT molecular complexity index is 838. The van der Waals surface area contributed by atoms with E-state index in [2.05, 4.69) is 5.32 Å². The lowest BCUT2D eigenvalue weighted by Crippen LogP contribution is -2.26. The minimum absolute atomic E-state index is 0.0338. The second kappa shape index (κ2) is 9.64. The van der Waals surface area contributed by atoms with E-state index in [4.69, 9.17) is 9.84 Å². The maximum absolute atomic E-state index is 12.2. The van der Waals surface area contributed by atoms with Crippen LogP contribution in [-0.2, 0) is 16.0 Å². The number of carbonyl (C=O) groups excluding carboxylic acids is 1. The number of nitriles is 1. The number of aliphatic carboxylic acids is 1. The van der Waals surface area contributed by atoms with Crippen LogP contribution in [0.3, 0.4) is 0 Å². The van der Waals surface area contributed by atoms with Crippen LogP contribution in [-0.4, -0.2) is 30.1 Å². The van der Waals surface area contributed by atoms with Crippen LogP contribution in [0.15, 0.2) is 60.2 Å². The van der Waals surface area contributed by atoms with Gasteiger partial charge in [0.15, 0.2) is 6.61 Å². The van der Waals surface area contributed by atoms with Crippen LogP contribution in [0.25, 0.3) is 6.08 Å². The molecule has 0 spiro atoms. The summed E-state index contributed by atoms with van der Waals surface area (Å²) >= 11 is 0. The Balaban J connectivity index is 1.98. The highest BCUT2D eigenvalue weighted by Crippen LogP contribution is 2.16. The van der Waals surface area contributed by atoms with Gasteiger partial charge in [0.05, 0.1) is 0 Å². The lowest BCUT2D eigenvalue weighted by atomic mass is 10.1. The number of rotatable bonds is 8. The number of ether oxygens (including phenoxy) is 1.